The molecule has 0 spiro atoms. The van der Waals surface area contributed by atoms with Gasteiger partial charge in [0.15, 0.2) is 0 Å². The number of carbonyl (C=O) groups excluding carboxylic acids is 4. The van der Waals surface area contributed by atoms with Crippen molar-refractivity contribution >= 4 is 24.0 Å². The van der Waals surface area contributed by atoms with Gasteiger partial charge in [-0.05, 0) is 43.9 Å². The first-order valence-electron chi connectivity index (χ1n) is 9.41. The molecule has 4 atom stereocenters. The highest BCUT2D eigenvalue weighted by Crippen LogP contribution is 2.41. The van der Waals surface area contributed by atoms with E-state index in [2.05, 4.69) is 10.6 Å². The van der Waals surface area contributed by atoms with Crippen LogP contribution in [0.2, 0.25) is 0 Å². The maximum Gasteiger partial charge on any atom is 0.289 e. The van der Waals surface area contributed by atoms with Gasteiger partial charge in [-0.15, -0.1) is 0 Å². The normalized spacial score (nSPS) is 29.0. The van der Waals surface area contributed by atoms with Crippen LogP contribution < -0.4 is 10.6 Å². The summed E-state index contributed by atoms with van der Waals surface area (Å²) in [7, 11) is 0. The lowest BCUT2D eigenvalue weighted by Gasteiger charge is -2.26. The number of hydrogen-bond acceptors (Lipinski definition) is 4. The zero-order chi connectivity index (χ0) is 18.0. The monoisotopic (exact) mass is 349 g/mol. The van der Waals surface area contributed by atoms with Gasteiger partial charge in [-0.1, -0.05) is 19.8 Å². The van der Waals surface area contributed by atoms with Crippen molar-refractivity contribution in [2.24, 2.45) is 11.8 Å². The predicted molar refractivity (Wildman–Crippen MR) is 90.4 cm³/mol. The van der Waals surface area contributed by atoms with Gasteiger partial charge in [0.1, 0.15) is 6.04 Å². The van der Waals surface area contributed by atoms with Crippen molar-refractivity contribution in [1.29, 1.82) is 0 Å². The fourth-order valence-electron chi connectivity index (χ4n) is 4.25. The van der Waals surface area contributed by atoms with Crippen molar-refractivity contribution in [1.82, 2.24) is 15.5 Å². The molecule has 2 N–H and O–H groups in total. The lowest BCUT2D eigenvalue weighted by Crippen LogP contribution is -2.53. The minimum absolute atomic E-state index is 0.106. The van der Waals surface area contributed by atoms with Crippen molar-refractivity contribution in [3.8, 4) is 0 Å². The van der Waals surface area contributed by atoms with Gasteiger partial charge in [-0.2, -0.15) is 0 Å². The zero-order valence-corrected chi connectivity index (χ0v) is 14.7. The molecule has 3 rings (SSSR count). The Morgan fingerprint density at radius 2 is 1.96 bits per heavy atom. The molecular weight excluding hydrogens is 322 g/mol. The van der Waals surface area contributed by atoms with Gasteiger partial charge in [0.05, 0.1) is 6.04 Å². The molecule has 0 aromatic heterocycles. The Morgan fingerprint density at radius 3 is 2.60 bits per heavy atom. The van der Waals surface area contributed by atoms with Crippen molar-refractivity contribution in [3.05, 3.63) is 0 Å². The molecule has 0 aromatic rings. The number of amides is 3. The predicted octanol–water partition coefficient (Wildman–Crippen LogP) is 0.376. The molecular formula is C18H27N3O4. The Morgan fingerprint density at radius 1 is 1.20 bits per heavy atom. The summed E-state index contributed by atoms with van der Waals surface area (Å²) < 4.78 is 0. The first-order chi connectivity index (χ1) is 12.0. The third-order valence-electron chi connectivity index (χ3n) is 5.68. The van der Waals surface area contributed by atoms with Crippen LogP contribution in [0.3, 0.4) is 0 Å². The number of fused-ring (bicyclic) bond motifs is 1. The largest absolute Gasteiger partial charge is 0.347 e. The summed E-state index contributed by atoms with van der Waals surface area (Å²) in [6, 6.07) is -1.22. The van der Waals surface area contributed by atoms with Gasteiger partial charge < -0.3 is 15.5 Å². The molecule has 2 saturated carbocycles. The molecule has 1 saturated heterocycles. The van der Waals surface area contributed by atoms with Gasteiger partial charge in [0.2, 0.25) is 18.1 Å². The van der Waals surface area contributed by atoms with Crippen LogP contribution in [-0.2, 0) is 19.2 Å². The van der Waals surface area contributed by atoms with E-state index in [1.807, 2.05) is 6.92 Å². The molecule has 25 heavy (non-hydrogen) atoms. The fourth-order valence-corrected chi connectivity index (χ4v) is 4.25. The van der Waals surface area contributed by atoms with Gasteiger partial charge in [0, 0.05) is 12.6 Å². The van der Waals surface area contributed by atoms with Crippen LogP contribution in [0.5, 0.6) is 0 Å². The van der Waals surface area contributed by atoms with E-state index in [-0.39, 0.29) is 17.9 Å². The topological polar surface area (TPSA) is 95.6 Å². The first kappa shape index (κ1) is 17.9. The SMILES string of the molecule is CCC[C@H](NC(=O)[C@H]1[C@H]2CCC[C@H]2CN1C=O)C(=O)C(=O)NC1CC1. The third kappa shape index (κ3) is 3.85. The van der Waals surface area contributed by atoms with Crippen molar-refractivity contribution in [2.45, 2.75) is 70.0 Å². The summed E-state index contributed by atoms with van der Waals surface area (Å²) in [5.41, 5.74) is 0. The molecule has 0 radical (unpaired) electrons. The van der Waals surface area contributed by atoms with E-state index in [1.54, 1.807) is 4.90 Å². The molecule has 3 fully saturated rings. The standard InChI is InChI=1S/C18H27N3O4/c1-2-4-14(16(23)18(25)19-12-7-8-12)20-17(24)15-13-6-3-5-11(13)9-21(15)10-22/h10-15H,2-9H2,1H3,(H,19,25)(H,20,24)/t11-,13-,14-,15+/m0/s1. The van der Waals surface area contributed by atoms with Gasteiger partial charge in [-0.3, -0.25) is 19.2 Å². The zero-order valence-electron chi connectivity index (χ0n) is 14.7. The van der Waals surface area contributed by atoms with Crippen LogP contribution in [-0.4, -0.2) is 53.6 Å². The molecule has 3 amide bonds. The summed E-state index contributed by atoms with van der Waals surface area (Å²) in [5.74, 6) is -0.950. The number of nitrogens with one attached hydrogen (secondary N) is 2. The number of Topliss-reactive ketones (excluding diaryl/α,β-unsaturated/α-hetero) is 1. The lowest BCUT2D eigenvalue weighted by atomic mass is 9.93. The first-order valence-corrected chi connectivity index (χ1v) is 9.41. The summed E-state index contributed by atoms with van der Waals surface area (Å²) in [4.78, 5) is 50.2. The average molecular weight is 349 g/mol. The van der Waals surface area contributed by atoms with Crippen LogP contribution in [0.1, 0.15) is 51.9 Å². The van der Waals surface area contributed by atoms with Crippen LogP contribution in [0.4, 0.5) is 0 Å². The van der Waals surface area contributed by atoms with Crippen LogP contribution in [0.25, 0.3) is 0 Å². The highest BCUT2D eigenvalue weighted by Gasteiger charge is 2.47. The highest BCUT2D eigenvalue weighted by atomic mass is 16.2. The molecule has 1 heterocycles. The van der Waals surface area contributed by atoms with E-state index < -0.39 is 23.8 Å². The van der Waals surface area contributed by atoms with Crippen molar-refractivity contribution in [3.63, 3.8) is 0 Å². The lowest BCUT2D eigenvalue weighted by molar-refractivity contribution is -0.141. The molecule has 0 aromatic carbocycles. The Kier molecular flexibility index (Phi) is 5.39. The summed E-state index contributed by atoms with van der Waals surface area (Å²) in [5, 5.41) is 5.45. The Bertz CT molecular complexity index is 561. The van der Waals surface area contributed by atoms with Gasteiger partial charge in [0.25, 0.3) is 5.91 Å². The third-order valence-corrected chi connectivity index (χ3v) is 5.68. The van der Waals surface area contributed by atoms with Crippen molar-refractivity contribution < 1.29 is 19.2 Å². The minimum Gasteiger partial charge on any atom is -0.347 e. The van der Waals surface area contributed by atoms with E-state index >= 15 is 0 Å². The van der Waals surface area contributed by atoms with E-state index in [0.29, 0.717) is 25.3 Å². The second-order valence-corrected chi connectivity index (χ2v) is 7.56. The molecule has 138 valence electrons. The maximum absolute atomic E-state index is 12.8. The number of nitrogens with zero attached hydrogens (tertiary/aromatic N) is 1. The smallest absolute Gasteiger partial charge is 0.289 e. The minimum atomic E-state index is -0.815. The van der Waals surface area contributed by atoms with E-state index in [0.717, 1.165) is 38.5 Å². The Hall–Kier alpha value is -1.92. The fraction of sp³-hybridized carbons (Fsp3) is 0.778. The van der Waals surface area contributed by atoms with Crippen molar-refractivity contribution in [2.75, 3.05) is 6.54 Å². The molecule has 7 heteroatoms. The second-order valence-electron chi connectivity index (χ2n) is 7.56. The molecule has 3 aliphatic rings. The number of likely N-dealkylation sites (tertiary alicyclic amines) is 1. The summed E-state index contributed by atoms with van der Waals surface area (Å²) in [6.45, 7) is 2.52. The summed E-state index contributed by atoms with van der Waals surface area (Å²) >= 11 is 0. The van der Waals surface area contributed by atoms with E-state index in [9.17, 15) is 19.2 Å². The van der Waals surface area contributed by atoms with Gasteiger partial charge >= 0.3 is 0 Å². The highest BCUT2D eigenvalue weighted by molar-refractivity contribution is 6.38. The van der Waals surface area contributed by atoms with E-state index in [4.69, 9.17) is 0 Å². The molecule has 7 nitrogen and oxygen atoms in total. The van der Waals surface area contributed by atoms with Crippen LogP contribution in [0, 0.1) is 11.8 Å². The molecule has 0 bridgehead atoms. The second kappa shape index (κ2) is 7.54. The quantitative estimate of drug-likeness (QED) is 0.489. The number of carbonyl (C=O) groups is 4. The van der Waals surface area contributed by atoms with Crippen LogP contribution >= 0.6 is 0 Å². The molecule has 2 aliphatic carbocycles. The average Bonchev–Trinajstić information content (AvgIpc) is 3.16. The van der Waals surface area contributed by atoms with Gasteiger partial charge in [-0.25, -0.2) is 0 Å². The number of ketones is 1. The molecule has 0 unspecified atom stereocenters. The van der Waals surface area contributed by atoms with E-state index in [1.165, 1.54) is 0 Å². The maximum atomic E-state index is 12.8. The number of hydrogen-bond donors (Lipinski definition) is 2. The number of rotatable bonds is 8. The summed E-state index contributed by atoms with van der Waals surface area (Å²) in [6.07, 6.45) is 6.70. The van der Waals surface area contributed by atoms with Crippen LogP contribution in [0.15, 0.2) is 0 Å². The molecule has 1 aliphatic heterocycles. The Balaban J connectivity index is 1.65. The Labute approximate surface area is 147 Å².